The van der Waals surface area contributed by atoms with Crippen LogP contribution in [0.2, 0.25) is 0 Å². The summed E-state index contributed by atoms with van der Waals surface area (Å²) in [7, 11) is 0. The Kier molecular flexibility index (Phi) is 3.83. The van der Waals surface area contributed by atoms with Crippen molar-refractivity contribution in [2.24, 2.45) is 5.73 Å². The maximum atomic E-state index is 11.9. The van der Waals surface area contributed by atoms with Crippen LogP contribution in [0.1, 0.15) is 12.1 Å². The number of para-hydroxylation sites is 2. The molecule has 0 radical (unpaired) electrons. The predicted octanol–water partition coefficient (Wildman–Crippen LogP) is 0.513. The highest BCUT2D eigenvalue weighted by molar-refractivity contribution is 5.74. The molecule has 7 nitrogen and oxygen atoms in total. The Morgan fingerprint density at radius 2 is 2.10 bits per heavy atom. The van der Waals surface area contributed by atoms with Crippen molar-refractivity contribution in [1.82, 2.24) is 24.5 Å². The molecule has 3 rings (SSSR count). The summed E-state index contributed by atoms with van der Waals surface area (Å²) < 4.78 is 3.55. The van der Waals surface area contributed by atoms with E-state index in [2.05, 4.69) is 15.3 Å². The molecule has 0 amide bonds. The second-order valence-corrected chi connectivity index (χ2v) is 4.96. The van der Waals surface area contributed by atoms with Crippen molar-refractivity contribution in [3.8, 4) is 0 Å². The lowest BCUT2D eigenvalue weighted by atomic mass is 10.3. The minimum absolute atomic E-state index is 0.0707. The van der Waals surface area contributed by atoms with Gasteiger partial charge in [0.25, 0.3) is 0 Å². The average Bonchev–Trinajstić information content (AvgIpc) is 3.05. The fraction of sp³-hybridized carbons (Fsp3) is 0.357. The van der Waals surface area contributed by atoms with Gasteiger partial charge >= 0.3 is 5.69 Å². The number of benzene rings is 1. The highest BCUT2D eigenvalue weighted by Gasteiger charge is 2.06. The Bertz CT molecular complexity index is 784. The first-order valence-electron chi connectivity index (χ1n) is 7.04. The normalized spacial score (nSPS) is 11.3. The number of hydrogen-bond donors (Lipinski definition) is 2. The summed E-state index contributed by atoms with van der Waals surface area (Å²) in [6.45, 7) is 1.95. The summed E-state index contributed by atoms with van der Waals surface area (Å²) in [4.78, 5) is 14.8. The molecule has 2 aromatic heterocycles. The van der Waals surface area contributed by atoms with Crippen LogP contribution in [0.15, 0.2) is 35.3 Å². The van der Waals surface area contributed by atoms with Gasteiger partial charge in [-0.05, 0) is 25.1 Å². The number of aryl methyl sites for hydroxylation is 2. The molecule has 21 heavy (non-hydrogen) atoms. The number of nitrogens with zero attached hydrogens (tertiary/aromatic N) is 4. The van der Waals surface area contributed by atoms with E-state index in [1.807, 2.05) is 30.5 Å². The Hall–Kier alpha value is -2.41. The number of nitrogens with two attached hydrogens (primary N) is 1. The van der Waals surface area contributed by atoms with Crippen LogP contribution in [-0.4, -0.2) is 31.1 Å². The van der Waals surface area contributed by atoms with Gasteiger partial charge in [0, 0.05) is 25.7 Å². The predicted molar refractivity (Wildman–Crippen MR) is 80.0 cm³/mol. The zero-order valence-electron chi connectivity index (χ0n) is 11.7. The number of aromatic amines is 1. The van der Waals surface area contributed by atoms with Crippen molar-refractivity contribution in [3.05, 3.63) is 46.6 Å². The summed E-state index contributed by atoms with van der Waals surface area (Å²) in [5.74, 6) is 0. The molecule has 0 unspecified atom stereocenters. The minimum atomic E-state index is -0.0707. The van der Waals surface area contributed by atoms with Crippen molar-refractivity contribution in [2.45, 2.75) is 25.9 Å². The monoisotopic (exact) mass is 286 g/mol. The van der Waals surface area contributed by atoms with Gasteiger partial charge in [0.1, 0.15) is 0 Å². The smallest absolute Gasteiger partial charge is 0.326 e. The van der Waals surface area contributed by atoms with Gasteiger partial charge in [0.15, 0.2) is 0 Å². The van der Waals surface area contributed by atoms with Crippen LogP contribution in [0.25, 0.3) is 11.0 Å². The number of H-pyrrole nitrogens is 1. The van der Waals surface area contributed by atoms with Crippen molar-refractivity contribution in [3.63, 3.8) is 0 Å². The average molecular weight is 286 g/mol. The molecule has 1 aromatic carbocycles. The molecule has 3 aromatic rings. The Morgan fingerprint density at radius 3 is 2.95 bits per heavy atom. The molecule has 110 valence electrons. The second-order valence-electron chi connectivity index (χ2n) is 4.96. The van der Waals surface area contributed by atoms with Crippen molar-refractivity contribution < 1.29 is 0 Å². The summed E-state index contributed by atoms with van der Waals surface area (Å²) in [6.07, 6.45) is 3.46. The number of aromatic nitrogens is 5. The summed E-state index contributed by atoms with van der Waals surface area (Å²) >= 11 is 0. The van der Waals surface area contributed by atoms with Gasteiger partial charge in [-0.15, -0.1) is 5.10 Å². The molecule has 7 heteroatoms. The third-order valence-electron chi connectivity index (χ3n) is 3.44. The van der Waals surface area contributed by atoms with Gasteiger partial charge in [-0.25, -0.2) is 4.79 Å². The van der Waals surface area contributed by atoms with E-state index in [1.54, 1.807) is 9.25 Å². The van der Waals surface area contributed by atoms with E-state index in [9.17, 15) is 4.79 Å². The molecule has 0 fully saturated rings. The van der Waals surface area contributed by atoms with Crippen molar-refractivity contribution in [2.75, 3.05) is 6.54 Å². The first-order chi connectivity index (χ1) is 10.3. The fourth-order valence-electron chi connectivity index (χ4n) is 2.43. The summed E-state index contributed by atoms with van der Waals surface area (Å²) in [5, 5.41) is 8.10. The van der Waals surface area contributed by atoms with E-state index in [0.717, 1.165) is 36.1 Å². The number of imidazole rings is 1. The fourth-order valence-corrected chi connectivity index (χ4v) is 2.43. The largest absolute Gasteiger partial charge is 0.330 e. The highest BCUT2D eigenvalue weighted by Crippen LogP contribution is 2.09. The van der Waals surface area contributed by atoms with E-state index in [0.29, 0.717) is 13.1 Å². The minimum Gasteiger partial charge on any atom is -0.330 e. The standard InChI is InChI=1S/C14H18N6O/c15-7-6-11-10-19(18-17-11)8-3-9-20-13-5-2-1-4-12(13)16-14(20)21/h1-2,4-5,10H,3,6-9,15H2,(H,16,21). The molecule has 0 spiro atoms. The molecule has 0 bridgehead atoms. The topological polar surface area (TPSA) is 94.5 Å². The van der Waals surface area contributed by atoms with Gasteiger partial charge in [-0.3, -0.25) is 9.25 Å². The van der Waals surface area contributed by atoms with Crippen LogP contribution >= 0.6 is 0 Å². The molecular formula is C14H18N6O. The second kappa shape index (κ2) is 5.92. The van der Waals surface area contributed by atoms with Crippen LogP contribution in [0, 0.1) is 0 Å². The van der Waals surface area contributed by atoms with Gasteiger partial charge in [0.05, 0.1) is 16.7 Å². The quantitative estimate of drug-likeness (QED) is 0.690. The first-order valence-corrected chi connectivity index (χ1v) is 7.04. The molecule has 2 heterocycles. The maximum absolute atomic E-state index is 11.9. The lowest BCUT2D eigenvalue weighted by Crippen LogP contribution is -2.17. The van der Waals surface area contributed by atoms with Gasteiger partial charge in [-0.1, -0.05) is 17.3 Å². The van der Waals surface area contributed by atoms with Crippen molar-refractivity contribution >= 4 is 11.0 Å². The molecule has 0 aliphatic carbocycles. The van der Waals surface area contributed by atoms with Gasteiger partial charge in [0.2, 0.25) is 0 Å². The zero-order chi connectivity index (χ0) is 14.7. The van der Waals surface area contributed by atoms with Crippen LogP contribution in [0.5, 0.6) is 0 Å². The van der Waals surface area contributed by atoms with E-state index in [-0.39, 0.29) is 5.69 Å². The molecule has 0 aliphatic heterocycles. The van der Waals surface area contributed by atoms with E-state index < -0.39 is 0 Å². The van der Waals surface area contributed by atoms with E-state index in [1.165, 1.54) is 0 Å². The first kappa shape index (κ1) is 13.6. The Balaban J connectivity index is 1.66. The van der Waals surface area contributed by atoms with E-state index >= 15 is 0 Å². The van der Waals surface area contributed by atoms with Crippen LogP contribution in [0.4, 0.5) is 0 Å². The van der Waals surface area contributed by atoms with Crippen LogP contribution in [0.3, 0.4) is 0 Å². The highest BCUT2D eigenvalue weighted by atomic mass is 16.1. The Labute approximate surface area is 121 Å². The number of hydrogen-bond acceptors (Lipinski definition) is 4. The summed E-state index contributed by atoms with van der Waals surface area (Å²) in [5.41, 5.74) is 8.12. The van der Waals surface area contributed by atoms with Crippen molar-refractivity contribution in [1.29, 1.82) is 0 Å². The lowest BCUT2D eigenvalue weighted by Gasteiger charge is -2.03. The molecule has 3 N–H and O–H groups in total. The molecule has 0 saturated carbocycles. The molecule has 0 saturated heterocycles. The molecule has 0 aliphatic rings. The number of rotatable bonds is 6. The van der Waals surface area contributed by atoms with E-state index in [4.69, 9.17) is 5.73 Å². The third-order valence-corrected chi connectivity index (χ3v) is 3.44. The maximum Gasteiger partial charge on any atom is 0.326 e. The number of fused-ring (bicyclic) bond motifs is 1. The molecular weight excluding hydrogens is 268 g/mol. The van der Waals surface area contributed by atoms with Crippen LogP contribution < -0.4 is 11.4 Å². The van der Waals surface area contributed by atoms with Gasteiger partial charge < -0.3 is 10.7 Å². The summed E-state index contributed by atoms with van der Waals surface area (Å²) in [6, 6.07) is 7.70. The van der Waals surface area contributed by atoms with Gasteiger partial charge in [-0.2, -0.15) is 0 Å². The zero-order valence-corrected chi connectivity index (χ0v) is 11.7. The lowest BCUT2D eigenvalue weighted by molar-refractivity contribution is 0.514. The Morgan fingerprint density at radius 1 is 1.24 bits per heavy atom. The van der Waals surface area contributed by atoms with Crippen LogP contribution in [-0.2, 0) is 19.5 Å². The number of nitrogens with one attached hydrogen (secondary N) is 1. The SMILES string of the molecule is NCCc1cn(CCCn2c(=O)[nH]c3ccccc32)nn1. The third kappa shape index (κ3) is 2.87. The molecule has 0 atom stereocenters.